The first-order chi connectivity index (χ1) is 15.1. The Morgan fingerprint density at radius 1 is 0.903 bits per heavy atom. The molecule has 1 heterocycles. The van der Waals surface area contributed by atoms with E-state index in [0.29, 0.717) is 5.92 Å². The minimum Gasteiger partial charge on any atom is -0.393 e. The van der Waals surface area contributed by atoms with Crippen LogP contribution in [0.15, 0.2) is 60.4 Å². The molecule has 0 saturated heterocycles. The van der Waals surface area contributed by atoms with Gasteiger partial charge in [-0.1, -0.05) is 48.9 Å². The number of aliphatic hydroxyl groups is 1. The highest BCUT2D eigenvalue weighted by atomic mass is 16.3. The molecule has 1 unspecified atom stereocenters. The molecule has 0 spiro atoms. The van der Waals surface area contributed by atoms with Crippen LogP contribution in [0.25, 0.3) is 11.1 Å². The van der Waals surface area contributed by atoms with Crippen LogP contribution in [0.4, 0.5) is 0 Å². The SMILES string of the molecule is C[C@]12CC[C@H]3[C@@H](CCC4=CC(c5ccc(-c6cccnc6)cc5)CC[C@@H]43)[C@@H]1CC[C@@H]2O. The molecule has 7 atom stereocenters. The fourth-order valence-electron chi connectivity index (χ4n) is 8.02. The Kier molecular flexibility index (Phi) is 4.83. The van der Waals surface area contributed by atoms with Gasteiger partial charge in [-0.25, -0.2) is 0 Å². The van der Waals surface area contributed by atoms with Crippen molar-refractivity contribution >= 4 is 0 Å². The zero-order valence-electron chi connectivity index (χ0n) is 18.7. The molecule has 2 heteroatoms. The molecule has 2 nitrogen and oxygen atoms in total. The quantitative estimate of drug-likeness (QED) is 0.551. The molecule has 162 valence electrons. The lowest BCUT2D eigenvalue weighted by atomic mass is 9.52. The molecule has 1 aromatic heterocycles. The molecule has 0 radical (unpaired) electrons. The number of aromatic nitrogens is 1. The molecule has 3 fully saturated rings. The Morgan fingerprint density at radius 3 is 2.58 bits per heavy atom. The summed E-state index contributed by atoms with van der Waals surface area (Å²) in [5.74, 6) is 3.88. The largest absolute Gasteiger partial charge is 0.393 e. The van der Waals surface area contributed by atoms with Gasteiger partial charge in [0.1, 0.15) is 0 Å². The van der Waals surface area contributed by atoms with Gasteiger partial charge in [-0.05, 0) is 103 Å². The Morgan fingerprint density at radius 2 is 1.77 bits per heavy atom. The third kappa shape index (κ3) is 3.21. The Labute approximate surface area is 186 Å². The molecule has 4 aliphatic carbocycles. The van der Waals surface area contributed by atoms with E-state index in [1.54, 1.807) is 5.57 Å². The smallest absolute Gasteiger partial charge is 0.0596 e. The first-order valence-corrected chi connectivity index (χ1v) is 12.5. The van der Waals surface area contributed by atoms with E-state index in [1.165, 1.54) is 61.6 Å². The summed E-state index contributed by atoms with van der Waals surface area (Å²) in [4.78, 5) is 4.26. The molecule has 4 aliphatic rings. The van der Waals surface area contributed by atoms with Crippen molar-refractivity contribution in [2.45, 2.75) is 70.3 Å². The molecule has 1 N–H and O–H groups in total. The maximum atomic E-state index is 10.6. The number of aliphatic hydroxyl groups excluding tert-OH is 1. The normalized spacial score (nSPS) is 39.2. The number of rotatable bonds is 2. The van der Waals surface area contributed by atoms with Crippen molar-refractivity contribution in [2.24, 2.45) is 29.1 Å². The second kappa shape index (κ2) is 7.59. The second-order valence-electron chi connectivity index (χ2n) is 11.0. The molecular formula is C29H35NO. The first kappa shape index (κ1) is 19.7. The van der Waals surface area contributed by atoms with E-state index in [2.05, 4.69) is 48.3 Å². The summed E-state index contributed by atoms with van der Waals surface area (Å²) in [5.41, 5.74) is 5.88. The van der Waals surface area contributed by atoms with Gasteiger partial charge in [0.05, 0.1) is 6.10 Å². The van der Waals surface area contributed by atoms with E-state index in [-0.39, 0.29) is 11.5 Å². The standard InChI is InChI=1S/C29H35NO/c1-29-15-14-25-24-10-8-21(17-22(24)9-11-26(25)27(29)12-13-28(29)31)19-4-6-20(7-5-19)23-3-2-16-30-18-23/h2-7,16-18,21,24-28,31H,8-15H2,1H3/t21?,24-,25+,26+,27-,28-,29-/m0/s1. The average molecular weight is 414 g/mol. The van der Waals surface area contributed by atoms with Crippen molar-refractivity contribution in [1.82, 2.24) is 4.98 Å². The summed E-state index contributed by atoms with van der Waals surface area (Å²) in [6.45, 7) is 2.39. The number of hydrogen-bond acceptors (Lipinski definition) is 2. The molecule has 2 aromatic rings. The highest BCUT2D eigenvalue weighted by Gasteiger charge is 2.55. The van der Waals surface area contributed by atoms with Gasteiger partial charge in [0.15, 0.2) is 0 Å². The van der Waals surface area contributed by atoms with Crippen LogP contribution in [-0.4, -0.2) is 16.2 Å². The maximum Gasteiger partial charge on any atom is 0.0596 e. The van der Waals surface area contributed by atoms with Gasteiger partial charge in [0.2, 0.25) is 0 Å². The topological polar surface area (TPSA) is 33.1 Å². The Bertz CT molecular complexity index is 964. The van der Waals surface area contributed by atoms with Gasteiger partial charge in [-0.2, -0.15) is 0 Å². The monoisotopic (exact) mass is 413 g/mol. The molecule has 0 amide bonds. The van der Waals surface area contributed by atoms with Crippen molar-refractivity contribution in [3.63, 3.8) is 0 Å². The Hall–Kier alpha value is -1.93. The number of hydrogen-bond donors (Lipinski definition) is 1. The van der Waals surface area contributed by atoms with Crippen LogP contribution in [0, 0.1) is 29.1 Å². The number of fused-ring (bicyclic) bond motifs is 5. The molecule has 3 saturated carbocycles. The minimum atomic E-state index is -0.0548. The highest BCUT2D eigenvalue weighted by Crippen LogP contribution is 2.62. The van der Waals surface area contributed by atoms with Crippen LogP contribution < -0.4 is 0 Å². The van der Waals surface area contributed by atoms with E-state index in [9.17, 15) is 5.11 Å². The zero-order valence-corrected chi connectivity index (χ0v) is 18.7. The highest BCUT2D eigenvalue weighted by molar-refractivity contribution is 5.62. The van der Waals surface area contributed by atoms with E-state index in [1.807, 2.05) is 18.5 Å². The lowest BCUT2D eigenvalue weighted by Gasteiger charge is -2.53. The summed E-state index contributed by atoms with van der Waals surface area (Å²) in [6.07, 6.45) is 16.5. The van der Waals surface area contributed by atoms with E-state index < -0.39 is 0 Å². The number of pyridine rings is 1. The van der Waals surface area contributed by atoms with Crippen molar-refractivity contribution < 1.29 is 5.11 Å². The molecular weight excluding hydrogens is 378 g/mol. The lowest BCUT2D eigenvalue weighted by molar-refractivity contribution is -0.0535. The van der Waals surface area contributed by atoms with Gasteiger partial charge in [0.25, 0.3) is 0 Å². The summed E-state index contributed by atoms with van der Waals surface area (Å²) >= 11 is 0. The molecule has 1 aromatic carbocycles. The van der Waals surface area contributed by atoms with Gasteiger partial charge < -0.3 is 5.11 Å². The van der Waals surface area contributed by atoms with Gasteiger partial charge in [0, 0.05) is 18.3 Å². The van der Waals surface area contributed by atoms with Crippen molar-refractivity contribution in [3.05, 3.63) is 66.0 Å². The van der Waals surface area contributed by atoms with Crippen LogP contribution in [0.2, 0.25) is 0 Å². The number of allylic oxidation sites excluding steroid dienone is 2. The lowest BCUT2D eigenvalue weighted by Crippen LogP contribution is -2.47. The minimum absolute atomic E-state index is 0.0548. The predicted octanol–water partition coefficient (Wildman–Crippen LogP) is 6.77. The van der Waals surface area contributed by atoms with Gasteiger partial charge in [-0.15, -0.1) is 0 Å². The van der Waals surface area contributed by atoms with Gasteiger partial charge in [-0.3, -0.25) is 4.98 Å². The number of benzene rings is 1. The maximum absolute atomic E-state index is 10.6. The fourth-order valence-corrected chi connectivity index (χ4v) is 8.02. The van der Waals surface area contributed by atoms with E-state index in [0.717, 1.165) is 30.1 Å². The van der Waals surface area contributed by atoms with E-state index >= 15 is 0 Å². The summed E-state index contributed by atoms with van der Waals surface area (Å²) in [7, 11) is 0. The zero-order chi connectivity index (χ0) is 21.0. The molecule has 31 heavy (non-hydrogen) atoms. The summed E-state index contributed by atoms with van der Waals surface area (Å²) in [5, 5.41) is 10.6. The van der Waals surface area contributed by atoms with Crippen LogP contribution in [0.5, 0.6) is 0 Å². The van der Waals surface area contributed by atoms with Crippen LogP contribution >= 0.6 is 0 Å². The van der Waals surface area contributed by atoms with Gasteiger partial charge >= 0.3 is 0 Å². The molecule has 0 bridgehead atoms. The summed E-state index contributed by atoms with van der Waals surface area (Å²) < 4.78 is 0. The Balaban J connectivity index is 1.20. The van der Waals surface area contributed by atoms with Crippen LogP contribution in [0.1, 0.15) is 69.8 Å². The van der Waals surface area contributed by atoms with Crippen molar-refractivity contribution in [1.29, 1.82) is 0 Å². The summed E-state index contributed by atoms with van der Waals surface area (Å²) in [6, 6.07) is 13.3. The first-order valence-electron chi connectivity index (χ1n) is 12.5. The molecule has 6 rings (SSSR count). The predicted molar refractivity (Wildman–Crippen MR) is 126 cm³/mol. The molecule has 0 aliphatic heterocycles. The average Bonchev–Trinajstić information content (AvgIpc) is 3.13. The van der Waals surface area contributed by atoms with Crippen molar-refractivity contribution in [3.8, 4) is 11.1 Å². The third-order valence-electron chi connectivity index (χ3n) is 9.74. The fraction of sp³-hybridized carbons (Fsp3) is 0.552. The third-order valence-corrected chi connectivity index (χ3v) is 9.74. The second-order valence-corrected chi connectivity index (χ2v) is 11.0. The van der Waals surface area contributed by atoms with Crippen LogP contribution in [0.3, 0.4) is 0 Å². The van der Waals surface area contributed by atoms with Crippen molar-refractivity contribution in [2.75, 3.05) is 0 Å². The number of nitrogens with zero attached hydrogens (tertiary/aromatic N) is 1. The van der Waals surface area contributed by atoms with Crippen LogP contribution in [-0.2, 0) is 0 Å². The van der Waals surface area contributed by atoms with E-state index in [4.69, 9.17) is 0 Å².